The Labute approximate surface area is 93.4 Å². The van der Waals surface area contributed by atoms with Crippen molar-refractivity contribution in [3.05, 3.63) is 0 Å². The van der Waals surface area contributed by atoms with E-state index in [1.165, 1.54) is 25.7 Å². The molecule has 1 aliphatic carbocycles. The van der Waals surface area contributed by atoms with Crippen molar-refractivity contribution < 1.29 is 9.53 Å². The second-order valence-corrected chi connectivity index (χ2v) is 4.76. The van der Waals surface area contributed by atoms with Crippen molar-refractivity contribution in [2.45, 2.75) is 70.8 Å². The summed E-state index contributed by atoms with van der Waals surface area (Å²) >= 11 is 0. The van der Waals surface area contributed by atoms with Gasteiger partial charge >= 0.3 is 0 Å². The lowest BCUT2D eigenvalue weighted by Gasteiger charge is -2.37. The van der Waals surface area contributed by atoms with Gasteiger partial charge in [0, 0.05) is 0 Å². The summed E-state index contributed by atoms with van der Waals surface area (Å²) in [6, 6.07) is 0. The Kier molecular flexibility index (Phi) is 5.13. The molecule has 1 fully saturated rings. The number of rotatable bonds is 7. The molecule has 0 bridgehead atoms. The predicted octanol–water partition coefficient (Wildman–Crippen LogP) is 3.69. The first-order valence-electron chi connectivity index (χ1n) is 6.40. The van der Waals surface area contributed by atoms with E-state index in [-0.39, 0.29) is 5.60 Å². The van der Waals surface area contributed by atoms with Gasteiger partial charge in [-0.1, -0.05) is 39.5 Å². The van der Waals surface area contributed by atoms with Gasteiger partial charge in [0.2, 0.25) is 0 Å². The summed E-state index contributed by atoms with van der Waals surface area (Å²) in [4.78, 5) is 10.7. The minimum absolute atomic E-state index is 0.137. The van der Waals surface area contributed by atoms with Gasteiger partial charge in [-0.15, -0.1) is 0 Å². The minimum atomic E-state index is -0.137. The Morgan fingerprint density at radius 1 is 1.20 bits per heavy atom. The van der Waals surface area contributed by atoms with Crippen molar-refractivity contribution in [3.63, 3.8) is 0 Å². The van der Waals surface area contributed by atoms with Gasteiger partial charge in [-0.3, -0.25) is 4.79 Å². The van der Waals surface area contributed by atoms with Crippen LogP contribution in [0.2, 0.25) is 0 Å². The van der Waals surface area contributed by atoms with Crippen LogP contribution in [0.5, 0.6) is 0 Å². The van der Waals surface area contributed by atoms with E-state index in [1.807, 2.05) is 0 Å². The van der Waals surface area contributed by atoms with Gasteiger partial charge in [-0.05, 0) is 31.6 Å². The third kappa shape index (κ3) is 2.96. The lowest BCUT2D eigenvalue weighted by atomic mass is 9.79. The van der Waals surface area contributed by atoms with Crippen molar-refractivity contribution >= 4 is 6.47 Å². The first-order chi connectivity index (χ1) is 7.29. The normalized spacial score (nSPS) is 18.0. The third-order valence-corrected chi connectivity index (χ3v) is 3.73. The van der Waals surface area contributed by atoms with Gasteiger partial charge in [0.15, 0.2) is 0 Å². The van der Waals surface area contributed by atoms with Gasteiger partial charge in [0.05, 0.1) is 0 Å². The Bertz CT molecular complexity index is 177. The molecule has 0 heterocycles. The van der Waals surface area contributed by atoms with Gasteiger partial charge in [0.25, 0.3) is 6.47 Å². The number of hydrogen-bond donors (Lipinski definition) is 0. The molecular formula is C13H24O2. The standard InChI is InChI=1S/C13H24O2/c1-3-9-13(10-4-2,15-11-14)12-7-5-6-8-12/h11-12H,3-10H2,1-2H3. The fourth-order valence-corrected chi connectivity index (χ4v) is 3.14. The molecule has 0 radical (unpaired) electrons. The molecule has 2 nitrogen and oxygen atoms in total. The van der Waals surface area contributed by atoms with E-state index in [0.717, 1.165) is 25.7 Å². The molecule has 1 saturated carbocycles. The van der Waals surface area contributed by atoms with Crippen LogP contribution in [0.4, 0.5) is 0 Å². The lowest BCUT2D eigenvalue weighted by Crippen LogP contribution is -2.39. The van der Waals surface area contributed by atoms with Crippen LogP contribution < -0.4 is 0 Å². The zero-order valence-electron chi connectivity index (χ0n) is 10.1. The summed E-state index contributed by atoms with van der Waals surface area (Å²) in [5.74, 6) is 0.614. The maximum Gasteiger partial charge on any atom is 0.293 e. The average molecular weight is 212 g/mol. The molecule has 0 atom stereocenters. The SMILES string of the molecule is CCCC(CCC)(OC=O)C1CCCC1. The summed E-state index contributed by atoms with van der Waals surface area (Å²) in [6.45, 7) is 5.02. The van der Waals surface area contributed by atoms with E-state index >= 15 is 0 Å². The van der Waals surface area contributed by atoms with E-state index in [1.54, 1.807) is 0 Å². The van der Waals surface area contributed by atoms with E-state index < -0.39 is 0 Å². The average Bonchev–Trinajstić information content (AvgIpc) is 2.72. The molecule has 0 amide bonds. The molecule has 88 valence electrons. The minimum Gasteiger partial charge on any atom is -0.461 e. The number of hydrogen-bond acceptors (Lipinski definition) is 2. The van der Waals surface area contributed by atoms with Crippen molar-refractivity contribution in [3.8, 4) is 0 Å². The van der Waals surface area contributed by atoms with Gasteiger partial charge in [0.1, 0.15) is 5.60 Å². The molecule has 2 heteroatoms. The number of carbonyl (C=O) groups is 1. The number of carbonyl (C=O) groups excluding carboxylic acids is 1. The van der Waals surface area contributed by atoms with E-state index in [4.69, 9.17) is 4.74 Å². The molecule has 0 unspecified atom stereocenters. The van der Waals surface area contributed by atoms with Crippen LogP contribution in [0.1, 0.15) is 65.2 Å². The van der Waals surface area contributed by atoms with E-state index in [9.17, 15) is 4.79 Å². The summed E-state index contributed by atoms with van der Waals surface area (Å²) in [5, 5.41) is 0. The van der Waals surface area contributed by atoms with Crippen LogP contribution in [0.15, 0.2) is 0 Å². The molecule has 0 aromatic rings. The molecule has 0 N–H and O–H groups in total. The first-order valence-corrected chi connectivity index (χ1v) is 6.40. The molecule has 15 heavy (non-hydrogen) atoms. The molecule has 1 aliphatic rings. The predicted molar refractivity (Wildman–Crippen MR) is 61.7 cm³/mol. The highest BCUT2D eigenvalue weighted by Gasteiger charge is 2.40. The molecule has 0 saturated heterocycles. The van der Waals surface area contributed by atoms with Crippen LogP contribution >= 0.6 is 0 Å². The summed E-state index contributed by atoms with van der Waals surface area (Å²) < 4.78 is 5.51. The maximum absolute atomic E-state index is 10.7. The van der Waals surface area contributed by atoms with E-state index in [0.29, 0.717) is 12.4 Å². The highest BCUT2D eigenvalue weighted by molar-refractivity contribution is 5.38. The fraction of sp³-hybridized carbons (Fsp3) is 0.923. The molecule has 0 spiro atoms. The van der Waals surface area contributed by atoms with Crippen LogP contribution in [0.25, 0.3) is 0 Å². The Morgan fingerprint density at radius 3 is 2.13 bits per heavy atom. The third-order valence-electron chi connectivity index (χ3n) is 3.73. The summed E-state index contributed by atoms with van der Waals surface area (Å²) in [6.07, 6.45) is 9.37. The van der Waals surface area contributed by atoms with Crippen LogP contribution in [0, 0.1) is 5.92 Å². The van der Waals surface area contributed by atoms with Crippen molar-refractivity contribution in [2.24, 2.45) is 5.92 Å². The topological polar surface area (TPSA) is 26.3 Å². The zero-order chi connectivity index (χ0) is 11.1. The summed E-state index contributed by atoms with van der Waals surface area (Å²) in [7, 11) is 0. The highest BCUT2D eigenvalue weighted by Crippen LogP contribution is 2.41. The number of ether oxygens (including phenoxy) is 1. The van der Waals surface area contributed by atoms with Crippen molar-refractivity contribution in [2.75, 3.05) is 0 Å². The fourth-order valence-electron chi connectivity index (χ4n) is 3.14. The Morgan fingerprint density at radius 2 is 1.73 bits per heavy atom. The van der Waals surface area contributed by atoms with Crippen molar-refractivity contribution in [1.82, 2.24) is 0 Å². The van der Waals surface area contributed by atoms with Gasteiger partial charge in [-0.25, -0.2) is 0 Å². The maximum atomic E-state index is 10.7. The molecule has 0 aromatic heterocycles. The van der Waals surface area contributed by atoms with Gasteiger partial charge < -0.3 is 4.74 Å². The molecule has 0 aliphatic heterocycles. The zero-order valence-corrected chi connectivity index (χ0v) is 10.1. The van der Waals surface area contributed by atoms with Crippen LogP contribution in [-0.2, 0) is 9.53 Å². The van der Waals surface area contributed by atoms with Crippen LogP contribution in [0.3, 0.4) is 0 Å². The smallest absolute Gasteiger partial charge is 0.293 e. The summed E-state index contributed by atoms with van der Waals surface area (Å²) in [5.41, 5.74) is -0.137. The highest BCUT2D eigenvalue weighted by atomic mass is 16.5. The Balaban J connectivity index is 2.72. The quantitative estimate of drug-likeness (QED) is 0.602. The molecule has 0 aromatic carbocycles. The van der Waals surface area contributed by atoms with E-state index in [2.05, 4.69) is 13.8 Å². The lowest BCUT2D eigenvalue weighted by molar-refractivity contribution is -0.152. The second-order valence-electron chi connectivity index (χ2n) is 4.76. The van der Waals surface area contributed by atoms with Crippen LogP contribution in [-0.4, -0.2) is 12.1 Å². The monoisotopic (exact) mass is 212 g/mol. The van der Waals surface area contributed by atoms with Gasteiger partial charge in [-0.2, -0.15) is 0 Å². The van der Waals surface area contributed by atoms with Crippen molar-refractivity contribution in [1.29, 1.82) is 0 Å². The first kappa shape index (κ1) is 12.5. The molecule has 1 rings (SSSR count). The largest absolute Gasteiger partial charge is 0.461 e. The molecular weight excluding hydrogens is 188 g/mol. The second kappa shape index (κ2) is 6.14. The Hall–Kier alpha value is -0.530.